The topological polar surface area (TPSA) is 59.9 Å². The Bertz CT molecular complexity index is 277. The second kappa shape index (κ2) is 4.59. The fourth-order valence-corrected chi connectivity index (χ4v) is 2.07. The maximum absolute atomic E-state index is 10.3. The van der Waals surface area contributed by atoms with Crippen molar-refractivity contribution in [2.45, 2.75) is 30.9 Å². The molecule has 16 heavy (non-hydrogen) atoms. The third kappa shape index (κ3) is 3.09. The summed E-state index contributed by atoms with van der Waals surface area (Å²) < 4.78 is 0. The number of β-amino-alcohol motifs (C(OH)–C–C–N with tert-alkyl or cyclic N) is 1. The average molecular weight is 226 g/mol. The van der Waals surface area contributed by atoms with Gasteiger partial charge in [0.05, 0.1) is 5.60 Å². The van der Waals surface area contributed by atoms with E-state index in [1.807, 2.05) is 7.05 Å². The summed E-state index contributed by atoms with van der Waals surface area (Å²) in [5, 5.41) is 16.8. The molecule has 0 spiro atoms. The minimum Gasteiger partial charge on any atom is -0.387 e. The first kappa shape index (κ1) is 11.7. The number of hydrogen-bond acceptors (Lipinski definition) is 3. The number of rotatable bonds is 3. The number of aliphatic imine (C=N–C) groups is 1. The van der Waals surface area contributed by atoms with Crippen molar-refractivity contribution in [3.05, 3.63) is 0 Å². The Hall–Kier alpha value is -0.810. The van der Waals surface area contributed by atoms with Crippen LogP contribution >= 0.6 is 0 Å². The molecule has 1 aliphatic carbocycles. The lowest BCUT2D eigenvalue weighted by Crippen LogP contribution is -2.48. The smallest absolute Gasteiger partial charge is 0.191 e. The van der Waals surface area contributed by atoms with E-state index in [2.05, 4.69) is 20.5 Å². The number of hydrogen-bond donors (Lipinski definition) is 3. The van der Waals surface area contributed by atoms with Crippen LogP contribution in [0.4, 0.5) is 0 Å². The summed E-state index contributed by atoms with van der Waals surface area (Å²) >= 11 is 0. The van der Waals surface area contributed by atoms with E-state index >= 15 is 0 Å². The Balaban J connectivity index is 1.76. The number of likely N-dealkylation sites (N-methyl/N-ethyl adjacent to an activating group) is 1. The summed E-state index contributed by atoms with van der Waals surface area (Å²) in [4.78, 5) is 6.30. The van der Waals surface area contributed by atoms with E-state index in [9.17, 15) is 5.11 Å². The van der Waals surface area contributed by atoms with Crippen molar-refractivity contribution >= 4 is 5.96 Å². The number of nitrogens with zero attached hydrogens (tertiary/aromatic N) is 2. The van der Waals surface area contributed by atoms with Crippen molar-refractivity contribution in [1.29, 1.82) is 0 Å². The van der Waals surface area contributed by atoms with Crippen LogP contribution in [0.25, 0.3) is 0 Å². The molecule has 5 nitrogen and oxygen atoms in total. The van der Waals surface area contributed by atoms with Gasteiger partial charge in [0, 0.05) is 32.7 Å². The van der Waals surface area contributed by atoms with Crippen LogP contribution in [0.1, 0.15) is 19.3 Å². The van der Waals surface area contributed by atoms with Gasteiger partial charge in [-0.1, -0.05) is 0 Å². The van der Waals surface area contributed by atoms with Crippen LogP contribution in [0.3, 0.4) is 0 Å². The maximum Gasteiger partial charge on any atom is 0.191 e. The van der Waals surface area contributed by atoms with E-state index in [0.717, 1.165) is 25.5 Å². The highest BCUT2D eigenvalue weighted by Gasteiger charge is 2.34. The van der Waals surface area contributed by atoms with Crippen molar-refractivity contribution in [2.24, 2.45) is 4.99 Å². The minimum absolute atomic E-state index is 0.573. The Kier molecular flexibility index (Phi) is 3.35. The molecule has 0 amide bonds. The zero-order valence-corrected chi connectivity index (χ0v) is 10.2. The molecule has 0 aromatic rings. The second-order valence-corrected chi connectivity index (χ2v) is 5.06. The standard InChI is InChI=1S/C11H22N4O/c1-12-10(14-9-3-4-9)13-7-11(16)5-6-15(2)8-11/h9,16H,3-8H2,1-2H3,(H2,12,13,14). The number of aliphatic hydroxyl groups is 1. The van der Waals surface area contributed by atoms with Crippen molar-refractivity contribution in [3.63, 3.8) is 0 Å². The monoisotopic (exact) mass is 226 g/mol. The molecular formula is C11H22N4O. The van der Waals surface area contributed by atoms with E-state index in [1.54, 1.807) is 7.05 Å². The number of guanidine groups is 1. The SMILES string of the molecule is CN=C(NCC1(O)CCN(C)C1)NC1CC1. The van der Waals surface area contributed by atoms with Gasteiger partial charge in [-0.2, -0.15) is 0 Å². The molecule has 2 aliphatic rings. The highest BCUT2D eigenvalue weighted by molar-refractivity contribution is 5.80. The van der Waals surface area contributed by atoms with E-state index in [-0.39, 0.29) is 0 Å². The van der Waals surface area contributed by atoms with Gasteiger partial charge in [-0.25, -0.2) is 0 Å². The van der Waals surface area contributed by atoms with Crippen molar-refractivity contribution in [2.75, 3.05) is 33.7 Å². The molecule has 0 radical (unpaired) electrons. The largest absolute Gasteiger partial charge is 0.387 e. The molecule has 1 atom stereocenters. The van der Waals surface area contributed by atoms with E-state index in [1.165, 1.54) is 12.8 Å². The van der Waals surface area contributed by atoms with Crippen LogP contribution in [0, 0.1) is 0 Å². The number of nitrogens with one attached hydrogen (secondary N) is 2. The third-order valence-corrected chi connectivity index (χ3v) is 3.25. The molecule has 5 heteroatoms. The maximum atomic E-state index is 10.3. The summed E-state index contributed by atoms with van der Waals surface area (Å²) in [6.45, 7) is 2.27. The number of likely N-dealkylation sites (tertiary alicyclic amines) is 1. The highest BCUT2D eigenvalue weighted by Crippen LogP contribution is 2.20. The van der Waals surface area contributed by atoms with Gasteiger partial charge in [-0.15, -0.1) is 0 Å². The molecular weight excluding hydrogens is 204 g/mol. The lowest BCUT2D eigenvalue weighted by molar-refractivity contribution is 0.0562. The third-order valence-electron chi connectivity index (χ3n) is 3.25. The normalized spacial score (nSPS) is 31.8. The molecule has 0 aromatic heterocycles. The summed E-state index contributed by atoms with van der Waals surface area (Å²) in [5.74, 6) is 0.811. The molecule has 1 saturated carbocycles. The van der Waals surface area contributed by atoms with Gasteiger partial charge in [-0.3, -0.25) is 4.99 Å². The molecule has 1 unspecified atom stereocenters. The fourth-order valence-electron chi connectivity index (χ4n) is 2.07. The van der Waals surface area contributed by atoms with Crippen LogP contribution in [-0.2, 0) is 0 Å². The van der Waals surface area contributed by atoms with E-state index in [4.69, 9.17) is 0 Å². The van der Waals surface area contributed by atoms with Crippen LogP contribution in [-0.4, -0.2) is 61.3 Å². The van der Waals surface area contributed by atoms with Gasteiger partial charge >= 0.3 is 0 Å². The van der Waals surface area contributed by atoms with Crippen molar-refractivity contribution < 1.29 is 5.11 Å². The predicted octanol–water partition coefficient (Wildman–Crippen LogP) is -0.620. The zero-order valence-electron chi connectivity index (χ0n) is 10.2. The molecule has 1 heterocycles. The Morgan fingerprint density at radius 2 is 2.31 bits per heavy atom. The summed E-state index contributed by atoms with van der Waals surface area (Å²) in [5.41, 5.74) is -0.601. The Labute approximate surface area is 96.9 Å². The summed E-state index contributed by atoms with van der Waals surface area (Å²) in [6, 6.07) is 0.590. The van der Waals surface area contributed by atoms with Crippen LogP contribution in [0.2, 0.25) is 0 Å². The zero-order chi connectivity index (χ0) is 11.6. The molecule has 2 fully saturated rings. The molecule has 3 N–H and O–H groups in total. The minimum atomic E-state index is -0.601. The van der Waals surface area contributed by atoms with Gasteiger partial charge in [0.25, 0.3) is 0 Å². The highest BCUT2D eigenvalue weighted by atomic mass is 16.3. The molecule has 1 aliphatic heterocycles. The second-order valence-electron chi connectivity index (χ2n) is 5.06. The van der Waals surface area contributed by atoms with Gasteiger partial charge < -0.3 is 20.6 Å². The predicted molar refractivity (Wildman–Crippen MR) is 64.6 cm³/mol. The lowest BCUT2D eigenvalue weighted by atomic mass is 10.0. The molecule has 0 aromatic carbocycles. The summed E-state index contributed by atoms with van der Waals surface area (Å²) in [6.07, 6.45) is 3.29. The first-order valence-electron chi connectivity index (χ1n) is 5.99. The van der Waals surface area contributed by atoms with Gasteiger partial charge in [0.15, 0.2) is 5.96 Å². The van der Waals surface area contributed by atoms with E-state index < -0.39 is 5.60 Å². The van der Waals surface area contributed by atoms with Crippen molar-refractivity contribution in [1.82, 2.24) is 15.5 Å². The quantitative estimate of drug-likeness (QED) is 0.443. The Morgan fingerprint density at radius 3 is 2.81 bits per heavy atom. The fraction of sp³-hybridized carbons (Fsp3) is 0.909. The molecule has 1 saturated heterocycles. The van der Waals surface area contributed by atoms with Crippen molar-refractivity contribution in [3.8, 4) is 0 Å². The first-order valence-corrected chi connectivity index (χ1v) is 5.99. The van der Waals surface area contributed by atoms with Crippen LogP contribution in [0.5, 0.6) is 0 Å². The van der Waals surface area contributed by atoms with Crippen LogP contribution < -0.4 is 10.6 Å². The summed E-state index contributed by atoms with van der Waals surface area (Å²) in [7, 11) is 3.80. The van der Waals surface area contributed by atoms with Gasteiger partial charge in [0.2, 0.25) is 0 Å². The average Bonchev–Trinajstić information content (AvgIpc) is 3.00. The first-order chi connectivity index (χ1) is 7.61. The van der Waals surface area contributed by atoms with Gasteiger partial charge in [-0.05, 0) is 26.3 Å². The van der Waals surface area contributed by atoms with E-state index in [0.29, 0.717) is 12.6 Å². The molecule has 2 rings (SSSR count). The van der Waals surface area contributed by atoms with Crippen LogP contribution in [0.15, 0.2) is 4.99 Å². The van der Waals surface area contributed by atoms with Gasteiger partial charge in [0.1, 0.15) is 0 Å². The lowest BCUT2D eigenvalue weighted by Gasteiger charge is -2.24. The molecule has 0 bridgehead atoms. The Morgan fingerprint density at radius 1 is 1.56 bits per heavy atom. The molecule has 92 valence electrons.